The predicted molar refractivity (Wildman–Crippen MR) is 93.7 cm³/mol. The van der Waals surface area contributed by atoms with Gasteiger partial charge in [-0.15, -0.1) is 0 Å². The first kappa shape index (κ1) is 16.3. The zero-order valence-electron chi connectivity index (χ0n) is 13.2. The molecular weight excluding hydrogens is 326 g/mol. The maximum atomic E-state index is 12.3. The number of aryl methyl sites for hydroxylation is 1. The Bertz CT molecular complexity index is 879. The van der Waals surface area contributed by atoms with Crippen molar-refractivity contribution in [1.29, 1.82) is 0 Å². The Labute approximate surface area is 145 Å². The third-order valence-electron chi connectivity index (χ3n) is 3.45. The topological polar surface area (TPSA) is 48.4 Å². The lowest BCUT2D eigenvalue weighted by molar-refractivity contribution is 0.0452. The molecule has 5 heteroatoms. The van der Waals surface area contributed by atoms with Crippen LogP contribution in [-0.4, -0.2) is 24.2 Å². The number of fused-ring (bicyclic) bond motifs is 1. The van der Waals surface area contributed by atoms with E-state index in [1.807, 2.05) is 31.2 Å². The second kappa shape index (κ2) is 7.32. The van der Waals surface area contributed by atoms with Crippen molar-refractivity contribution in [2.24, 2.45) is 0 Å². The van der Waals surface area contributed by atoms with Gasteiger partial charge in [0.05, 0.1) is 11.1 Å². The minimum Gasteiger partial charge on any atom is -0.490 e. The van der Waals surface area contributed by atoms with Crippen LogP contribution in [0.15, 0.2) is 54.6 Å². The molecule has 0 unspecified atom stereocenters. The first-order valence-corrected chi connectivity index (χ1v) is 7.93. The number of carbonyl (C=O) groups is 1. The molecule has 2 aromatic carbocycles. The monoisotopic (exact) mass is 341 g/mol. The quantitative estimate of drug-likeness (QED) is 0.508. The SMILES string of the molecule is Cc1cc(C(=O)OCCOc2cccc(Cl)c2)c2ccccc2n1. The molecule has 0 atom stereocenters. The van der Waals surface area contributed by atoms with Crippen molar-refractivity contribution in [3.8, 4) is 5.75 Å². The summed E-state index contributed by atoms with van der Waals surface area (Å²) < 4.78 is 10.8. The second-order valence-corrected chi connectivity index (χ2v) is 5.71. The summed E-state index contributed by atoms with van der Waals surface area (Å²) in [6, 6.07) is 16.3. The van der Waals surface area contributed by atoms with Crippen LogP contribution < -0.4 is 4.74 Å². The first-order chi connectivity index (χ1) is 11.6. The Hall–Kier alpha value is -2.59. The van der Waals surface area contributed by atoms with E-state index in [0.717, 1.165) is 16.6 Å². The summed E-state index contributed by atoms with van der Waals surface area (Å²) in [4.78, 5) is 16.8. The normalized spacial score (nSPS) is 10.6. The van der Waals surface area contributed by atoms with Gasteiger partial charge in [-0.05, 0) is 37.3 Å². The van der Waals surface area contributed by atoms with Crippen LogP contribution in [0.4, 0.5) is 0 Å². The lowest BCUT2D eigenvalue weighted by atomic mass is 10.1. The van der Waals surface area contributed by atoms with E-state index in [1.54, 1.807) is 30.3 Å². The number of esters is 1. The number of carbonyl (C=O) groups excluding carboxylic acids is 1. The van der Waals surface area contributed by atoms with Crippen LogP contribution in [0.2, 0.25) is 5.02 Å². The third kappa shape index (κ3) is 3.84. The maximum Gasteiger partial charge on any atom is 0.339 e. The summed E-state index contributed by atoms with van der Waals surface area (Å²) in [6.45, 7) is 2.26. The Morgan fingerprint density at radius 1 is 1.08 bits per heavy atom. The number of benzene rings is 2. The largest absolute Gasteiger partial charge is 0.490 e. The van der Waals surface area contributed by atoms with E-state index in [-0.39, 0.29) is 19.2 Å². The molecule has 0 fully saturated rings. The lowest BCUT2D eigenvalue weighted by Crippen LogP contribution is -2.13. The molecule has 0 N–H and O–H groups in total. The summed E-state index contributed by atoms with van der Waals surface area (Å²) in [5, 5.41) is 1.38. The molecule has 3 aromatic rings. The van der Waals surface area contributed by atoms with E-state index in [2.05, 4.69) is 4.98 Å². The number of rotatable bonds is 5. The molecule has 0 saturated carbocycles. The third-order valence-corrected chi connectivity index (χ3v) is 3.68. The van der Waals surface area contributed by atoms with E-state index >= 15 is 0 Å². The van der Waals surface area contributed by atoms with Gasteiger partial charge in [0.2, 0.25) is 0 Å². The molecular formula is C19H16ClNO3. The van der Waals surface area contributed by atoms with Gasteiger partial charge in [0, 0.05) is 16.1 Å². The van der Waals surface area contributed by atoms with Gasteiger partial charge >= 0.3 is 5.97 Å². The first-order valence-electron chi connectivity index (χ1n) is 7.55. The van der Waals surface area contributed by atoms with Gasteiger partial charge in [0.15, 0.2) is 0 Å². The fraction of sp³-hybridized carbons (Fsp3) is 0.158. The Kier molecular flexibility index (Phi) is 4.96. The fourth-order valence-corrected chi connectivity index (χ4v) is 2.59. The van der Waals surface area contributed by atoms with Gasteiger partial charge < -0.3 is 9.47 Å². The smallest absolute Gasteiger partial charge is 0.339 e. The molecule has 0 amide bonds. The van der Waals surface area contributed by atoms with Gasteiger partial charge in [-0.25, -0.2) is 4.79 Å². The van der Waals surface area contributed by atoms with Crippen molar-refractivity contribution >= 4 is 28.5 Å². The molecule has 1 heterocycles. The predicted octanol–water partition coefficient (Wildman–Crippen LogP) is 4.43. The van der Waals surface area contributed by atoms with Crippen molar-refractivity contribution in [3.63, 3.8) is 0 Å². The highest BCUT2D eigenvalue weighted by Gasteiger charge is 2.13. The minimum atomic E-state index is -0.383. The number of hydrogen-bond donors (Lipinski definition) is 0. The highest BCUT2D eigenvalue weighted by molar-refractivity contribution is 6.30. The summed E-state index contributed by atoms with van der Waals surface area (Å²) >= 11 is 5.89. The number of aromatic nitrogens is 1. The molecule has 4 nitrogen and oxygen atoms in total. The van der Waals surface area contributed by atoms with Crippen LogP contribution in [-0.2, 0) is 4.74 Å². The lowest BCUT2D eigenvalue weighted by Gasteiger charge is -2.09. The molecule has 0 bridgehead atoms. The van der Waals surface area contributed by atoms with Crippen LogP contribution in [0.5, 0.6) is 5.75 Å². The van der Waals surface area contributed by atoms with Crippen molar-refractivity contribution in [1.82, 2.24) is 4.98 Å². The van der Waals surface area contributed by atoms with Crippen LogP contribution in [0.3, 0.4) is 0 Å². The van der Waals surface area contributed by atoms with Gasteiger partial charge in [-0.3, -0.25) is 4.98 Å². The van der Waals surface area contributed by atoms with Crippen LogP contribution in [0.1, 0.15) is 16.1 Å². The number of para-hydroxylation sites is 1. The molecule has 0 saturated heterocycles. The van der Waals surface area contributed by atoms with E-state index in [9.17, 15) is 4.79 Å². The van der Waals surface area contributed by atoms with E-state index in [4.69, 9.17) is 21.1 Å². The van der Waals surface area contributed by atoms with E-state index < -0.39 is 0 Å². The van der Waals surface area contributed by atoms with Crippen molar-refractivity contribution in [2.45, 2.75) is 6.92 Å². The molecule has 0 aliphatic heterocycles. The summed E-state index contributed by atoms with van der Waals surface area (Å²) in [5.74, 6) is 0.259. The Morgan fingerprint density at radius 2 is 1.92 bits per heavy atom. The number of halogens is 1. The number of pyridine rings is 1. The van der Waals surface area contributed by atoms with Crippen molar-refractivity contribution in [3.05, 3.63) is 70.9 Å². The van der Waals surface area contributed by atoms with Gasteiger partial charge in [0.25, 0.3) is 0 Å². The van der Waals surface area contributed by atoms with E-state index in [0.29, 0.717) is 16.3 Å². The zero-order valence-corrected chi connectivity index (χ0v) is 13.9. The fourth-order valence-electron chi connectivity index (χ4n) is 2.41. The number of nitrogens with zero attached hydrogens (tertiary/aromatic N) is 1. The highest BCUT2D eigenvalue weighted by Crippen LogP contribution is 2.19. The van der Waals surface area contributed by atoms with Crippen LogP contribution in [0, 0.1) is 6.92 Å². The van der Waals surface area contributed by atoms with Crippen molar-refractivity contribution in [2.75, 3.05) is 13.2 Å². The van der Waals surface area contributed by atoms with Crippen LogP contribution >= 0.6 is 11.6 Å². The highest BCUT2D eigenvalue weighted by atomic mass is 35.5. The molecule has 1 aromatic heterocycles. The molecule has 122 valence electrons. The van der Waals surface area contributed by atoms with Crippen LogP contribution in [0.25, 0.3) is 10.9 Å². The Balaban J connectivity index is 1.63. The maximum absolute atomic E-state index is 12.3. The van der Waals surface area contributed by atoms with Gasteiger partial charge in [-0.1, -0.05) is 35.9 Å². The zero-order chi connectivity index (χ0) is 16.9. The molecule has 0 aliphatic carbocycles. The average molecular weight is 342 g/mol. The van der Waals surface area contributed by atoms with Gasteiger partial charge in [0.1, 0.15) is 19.0 Å². The molecule has 3 rings (SSSR count). The average Bonchev–Trinajstić information content (AvgIpc) is 2.58. The van der Waals surface area contributed by atoms with Crippen molar-refractivity contribution < 1.29 is 14.3 Å². The standard InChI is InChI=1S/C19H16ClNO3/c1-13-11-17(16-7-2-3-8-18(16)21-13)19(22)24-10-9-23-15-6-4-5-14(20)12-15/h2-8,11-12H,9-10H2,1H3. The molecule has 0 aliphatic rings. The summed E-state index contributed by atoms with van der Waals surface area (Å²) in [7, 11) is 0. The van der Waals surface area contributed by atoms with E-state index in [1.165, 1.54) is 0 Å². The van der Waals surface area contributed by atoms with Gasteiger partial charge in [-0.2, -0.15) is 0 Å². The Morgan fingerprint density at radius 3 is 2.75 bits per heavy atom. The summed E-state index contributed by atoms with van der Waals surface area (Å²) in [5.41, 5.74) is 2.07. The number of hydrogen-bond acceptors (Lipinski definition) is 4. The molecule has 0 radical (unpaired) electrons. The molecule has 24 heavy (non-hydrogen) atoms. The minimum absolute atomic E-state index is 0.154. The second-order valence-electron chi connectivity index (χ2n) is 5.27. The number of ether oxygens (including phenoxy) is 2. The summed E-state index contributed by atoms with van der Waals surface area (Å²) in [6.07, 6.45) is 0. The molecule has 0 spiro atoms.